The summed E-state index contributed by atoms with van der Waals surface area (Å²) in [6, 6.07) is 7.26. The Bertz CT molecular complexity index is 429. The lowest BCUT2D eigenvalue weighted by Gasteiger charge is -2.08. The van der Waals surface area contributed by atoms with Gasteiger partial charge in [0.05, 0.1) is 11.1 Å². The molecule has 15 heavy (non-hydrogen) atoms. The van der Waals surface area contributed by atoms with Gasteiger partial charge in [-0.25, -0.2) is 8.42 Å². The molecule has 0 bridgehead atoms. The van der Waals surface area contributed by atoms with Crippen molar-refractivity contribution in [1.82, 2.24) is 0 Å². The van der Waals surface area contributed by atoms with E-state index in [1.807, 2.05) is 12.1 Å². The van der Waals surface area contributed by atoms with Crippen LogP contribution >= 0.6 is 23.2 Å². The van der Waals surface area contributed by atoms with Crippen molar-refractivity contribution in [2.45, 2.75) is 11.8 Å². The Morgan fingerprint density at radius 3 is 2.60 bits per heavy atom. The third-order valence-corrected chi connectivity index (χ3v) is 3.56. The highest BCUT2D eigenvalue weighted by molar-refractivity contribution is 7.90. The molecule has 0 saturated carbocycles. The van der Waals surface area contributed by atoms with Gasteiger partial charge in [-0.2, -0.15) is 0 Å². The van der Waals surface area contributed by atoms with E-state index in [9.17, 15) is 8.42 Å². The number of rotatable bonds is 4. The van der Waals surface area contributed by atoms with E-state index in [1.54, 1.807) is 12.1 Å². The molecule has 0 aliphatic rings. The topological polar surface area (TPSA) is 34.1 Å². The van der Waals surface area contributed by atoms with Gasteiger partial charge in [0.15, 0.2) is 0 Å². The predicted molar refractivity (Wildman–Crippen MR) is 64.5 cm³/mol. The first-order valence-corrected chi connectivity index (χ1v) is 7.30. The van der Waals surface area contributed by atoms with Crippen molar-refractivity contribution in [3.8, 4) is 0 Å². The van der Waals surface area contributed by atoms with Crippen molar-refractivity contribution in [1.29, 1.82) is 0 Å². The van der Waals surface area contributed by atoms with Crippen LogP contribution in [-0.2, 0) is 16.3 Å². The maximum atomic E-state index is 11.0. The SMILES string of the molecule is CS(=O)(=O)CC(Cl)Cc1cccc(Cl)c1. The molecule has 1 rings (SSSR count). The molecule has 0 fully saturated rings. The number of alkyl halides is 1. The van der Waals surface area contributed by atoms with E-state index in [1.165, 1.54) is 6.26 Å². The minimum atomic E-state index is -3.02. The Hall–Kier alpha value is -0.250. The molecule has 0 spiro atoms. The van der Waals surface area contributed by atoms with E-state index in [-0.39, 0.29) is 5.75 Å². The summed E-state index contributed by atoms with van der Waals surface area (Å²) < 4.78 is 22.0. The number of sulfone groups is 1. The van der Waals surface area contributed by atoms with Crippen molar-refractivity contribution in [2.75, 3.05) is 12.0 Å². The van der Waals surface area contributed by atoms with Crippen LogP contribution < -0.4 is 0 Å². The highest BCUT2D eigenvalue weighted by Crippen LogP contribution is 2.15. The molecule has 0 aliphatic carbocycles. The highest BCUT2D eigenvalue weighted by Gasteiger charge is 2.13. The Morgan fingerprint density at radius 2 is 2.07 bits per heavy atom. The molecule has 5 heteroatoms. The van der Waals surface area contributed by atoms with Crippen LogP contribution in [0.1, 0.15) is 5.56 Å². The number of hydrogen-bond donors (Lipinski definition) is 0. The summed E-state index contributed by atoms with van der Waals surface area (Å²) in [7, 11) is -3.02. The van der Waals surface area contributed by atoms with Crippen LogP contribution in [0.4, 0.5) is 0 Å². The van der Waals surface area contributed by atoms with Crippen LogP contribution in [0, 0.1) is 0 Å². The Balaban J connectivity index is 2.63. The standard InChI is InChI=1S/C10H12Cl2O2S/c1-15(13,14)7-10(12)6-8-3-2-4-9(11)5-8/h2-5,10H,6-7H2,1H3. The Morgan fingerprint density at radius 1 is 1.40 bits per heavy atom. The molecule has 0 amide bonds. The summed E-state index contributed by atoms with van der Waals surface area (Å²) in [4.78, 5) is 0. The molecule has 0 saturated heterocycles. The van der Waals surface area contributed by atoms with Gasteiger partial charge in [0.25, 0.3) is 0 Å². The lowest BCUT2D eigenvalue weighted by atomic mass is 10.1. The fraction of sp³-hybridized carbons (Fsp3) is 0.400. The third kappa shape index (κ3) is 5.40. The fourth-order valence-corrected chi connectivity index (χ4v) is 3.16. The molecule has 84 valence electrons. The summed E-state index contributed by atoms with van der Waals surface area (Å²) >= 11 is 11.7. The first-order chi connectivity index (χ1) is 6.87. The number of halogens is 2. The van der Waals surface area contributed by atoms with Gasteiger partial charge in [0, 0.05) is 11.3 Å². The van der Waals surface area contributed by atoms with Gasteiger partial charge in [-0.15, -0.1) is 11.6 Å². The van der Waals surface area contributed by atoms with Gasteiger partial charge in [0.2, 0.25) is 0 Å². The van der Waals surface area contributed by atoms with Crippen LogP contribution in [0.25, 0.3) is 0 Å². The lowest BCUT2D eigenvalue weighted by Crippen LogP contribution is -2.17. The van der Waals surface area contributed by atoms with Crippen molar-refractivity contribution in [3.63, 3.8) is 0 Å². The highest BCUT2D eigenvalue weighted by atomic mass is 35.5. The molecule has 1 aromatic rings. The molecular formula is C10H12Cl2O2S. The van der Waals surface area contributed by atoms with Gasteiger partial charge in [-0.05, 0) is 24.1 Å². The van der Waals surface area contributed by atoms with Gasteiger partial charge in [-0.1, -0.05) is 23.7 Å². The van der Waals surface area contributed by atoms with E-state index in [2.05, 4.69) is 0 Å². The Labute approximate surface area is 100 Å². The summed E-state index contributed by atoms with van der Waals surface area (Å²) in [5, 5.41) is 0.231. The summed E-state index contributed by atoms with van der Waals surface area (Å²) in [5.41, 5.74) is 0.950. The molecule has 1 aromatic carbocycles. The van der Waals surface area contributed by atoms with Crippen LogP contribution in [0.2, 0.25) is 5.02 Å². The van der Waals surface area contributed by atoms with Crippen molar-refractivity contribution >= 4 is 33.0 Å². The van der Waals surface area contributed by atoms with Gasteiger partial charge in [-0.3, -0.25) is 0 Å². The minimum absolute atomic E-state index is 0.0128. The average Bonchev–Trinajstić information content (AvgIpc) is 1.99. The predicted octanol–water partition coefficient (Wildman–Crippen LogP) is 2.53. The van der Waals surface area contributed by atoms with Crippen molar-refractivity contribution in [2.24, 2.45) is 0 Å². The maximum absolute atomic E-state index is 11.0. The lowest BCUT2D eigenvalue weighted by molar-refractivity contribution is 0.599. The molecule has 0 radical (unpaired) electrons. The van der Waals surface area contributed by atoms with Gasteiger partial charge in [0.1, 0.15) is 9.84 Å². The number of benzene rings is 1. The van der Waals surface area contributed by atoms with Crippen LogP contribution in [0.15, 0.2) is 24.3 Å². The monoisotopic (exact) mass is 266 g/mol. The van der Waals surface area contributed by atoms with E-state index in [0.29, 0.717) is 11.4 Å². The first-order valence-electron chi connectivity index (χ1n) is 4.43. The molecule has 2 nitrogen and oxygen atoms in total. The van der Waals surface area contributed by atoms with E-state index < -0.39 is 15.2 Å². The van der Waals surface area contributed by atoms with Gasteiger partial charge >= 0.3 is 0 Å². The number of hydrogen-bond acceptors (Lipinski definition) is 2. The Kier molecular flexibility index (Phi) is 4.44. The molecule has 0 aliphatic heterocycles. The zero-order valence-electron chi connectivity index (χ0n) is 8.28. The molecule has 0 heterocycles. The second kappa shape index (κ2) is 5.19. The van der Waals surface area contributed by atoms with Crippen LogP contribution in [0.5, 0.6) is 0 Å². The summed E-state index contributed by atoms with van der Waals surface area (Å²) in [6.07, 6.45) is 1.69. The second-order valence-electron chi connectivity index (χ2n) is 3.52. The van der Waals surface area contributed by atoms with Crippen LogP contribution in [-0.4, -0.2) is 25.8 Å². The normalized spacial score (nSPS) is 13.8. The largest absolute Gasteiger partial charge is 0.229 e. The molecule has 1 atom stereocenters. The minimum Gasteiger partial charge on any atom is -0.229 e. The van der Waals surface area contributed by atoms with E-state index in [0.717, 1.165) is 5.56 Å². The quantitative estimate of drug-likeness (QED) is 0.785. The molecular weight excluding hydrogens is 255 g/mol. The molecule has 1 unspecified atom stereocenters. The average molecular weight is 267 g/mol. The smallest absolute Gasteiger partial charge is 0.148 e. The zero-order valence-corrected chi connectivity index (χ0v) is 10.6. The van der Waals surface area contributed by atoms with E-state index in [4.69, 9.17) is 23.2 Å². The molecule has 0 N–H and O–H groups in total. The third-order valence-electron chi connectivity index (χ3n) is 1.83. The summed E-state index contributed by atoms with van der Waals surface area (Å²) in [6.45, 7) is 0. The van der Waals surface area contributed by atoms with Crippen LogP contribution in [0.3, 0.4) is 0 Å². The molecule has 0 aromatic heterocycles. The maximum Gasteiger partial charge on any atom is 0.148 e. The zero-order chi connectivity index (χ0) is 11.5. The summed E-state index contributed by atoms with van der Waals surface area (Å²) in [5.74, 6) is -0.0128. The van der Waals surface area contributed by atoms with Crippen molar-refractivity contribution in [3.05, 3.63) is 34.9 Å². The van der Waals surface area contributed by atoms with E-state index >= 15 is 0 Å². The second-order valence-corrected chi connectivity index (χ2v) is 6.76. The van der Waals surface area contributed by atoms with Crippen molar-refractivity contribution < 1.29 is 8.42 Å². The van der Waals surface area contributed by atoms with Gasteiger partial charge < -0.3 is 0 Å². The first kappa shape index (κ1) is 12.8. The fourth-order valence-electron chi connectivity index (χ4n) is 1.31.